The van der Waals surface area contributed by atoms with Gasteiger partial charge in [-0.1, -0.05) is 15.9 Å². The van der Waals surface area contributed by atoms with E-state index >= 15 is 0 Å². The topological polar surface area (TPSA) is 146 Å². The number of guanidine groups is 1. The van der Waals surface area contributed by atoms with Crippen LogP contribution in [0.15, 0.2) is 28.7 Å². The Morgan fingerprint density at radius 3 is 2.17 bits per heavy atom. The molecule has 11 heteroatoms. The second kappa shape index (κ2) is 9.79. The van der Waals surface area contributed by atoms with E-state index in [1.807, 2.05) is 29.2 Å². The van der Waals surface area contributed by atoms with Gasteiger partial charge >= 0.3 is 0 Å². The number of halogens is 1. The fraction of sp³-hybridized carbons (Fsp3) is 0.462. The van der Waals surface area contributed by atoms with Gasteiger partial charge in [-0.3, -0.25) is 18.7 Å². The summed E-state index contributed by atoms with van der Waals surface area (Å²) in [5.41, 5.74) is 5.46. The van der Waals surface area contributed by atoms with Crippen molar-refractivity contribution in [3.63, 3.8) is 0 Å². The van der Waals surface area contributed by atoms with Crippen LogP contribution in [0.25, 0.3) is 0 Å². The third-order valence-electron chi connectivity index (χ3n) is 3.20. The van der Waals surface area contributed by atoms with E-state index in [2.05, 4.69) is 20.8 Å². The number of piperazine rings is 1. The van der Waals surface area contributed by atoms with E-state index in [1.165, 1.54) is 0 Å². The molecular weight excluding hydrogens is 404 g/mol. The number of hydrogen-bond donors (Lipinski definition) is 2. The lowest BCUT2D eigenvalue weighted by molar-refractivity contribution is 0.153. The Kier molecular flexibility index (Phi) is 8.42. The van der Waals surface area contributed by atoms with Crippen LogP contribution >= 0.6 is 15.9 Å². The van der Waals surface area contributed by atoms with Gasteiger partial charge in [-0.25, -0.2) is 0 Å². The second-order valence-corrected chi connectivity index (χ2v) is 6.66. The molecule has 2 rings (SSSR count). The van der Waals surface area contributed by atoms with Gasteiger partial charge in [0.1, 0.15) is 12.4 Å². The Balaban J connectivity index is 0.000000505. The van der Waals surface area contributed by atoms with Gasteiger partial charge in [-0.05, 0) is 24.3 Å². The quantitative estimate of drug-likeness (QED) is 0.298. The molecule has 1 fully saturated rings. The Morgan fingerprint density at radius 2 is 1.71 bits per heavy atom. The maximum absolute atomic E-state index is 8.52. The summed E-state index contributed by atoms with van der Waals surface area (Å²) >= 11 is 3.40. The number of hydrogen-bond acceptors (Lipinski definition) is 7. The normalized spacial score (nSPS) is 15.4. The number of nitrogens with one attached hydrogen (secondary N) is 1. The highest BCUT2D eigenvalue weighted by Crippen LogP contribution is 2.16. The molecule has 1 aliphatic rings. The molecule has 0 radical (unpaired) electrons. The molecule has 24 heavy (non-hydrogen) atoms. The minimum Gasteiger partial charge on any atom is -0.759 e. The zero-order valence-corrected chi connectivity index (χ0v) is 15.3. The van der Waals surface area contributed by atoms with Crippen LogP contribution in [-0.2, 0) is 10.4 Å². The second-order valence-electron chi connectivity index (χ2n) is 4.92. The molecule has 0 atom stereocenters. The van der Waals surface area contributed by atoms with Gasteiger partial charge in [0.2, 0.25) is 0 Å². The third kappa shape index (κ3) is 9.67. The molecule has 136 valence electrons. The molecule has 1 saturated heterocycles. The fourth-order valence-corrected chi connectivity index (χ4v) is 2.30. The molecule has 0 amide bonds. The Morgan fingerprint density at radius 1 is 1.21 bits per heavy atom. The van der Waals surface area contributed by atoms with Gasteiger partial charge in [0.15, 0.2) is 5.96 Å². The molecule has 0 aliphatic carbocycles. The zero-order valence-electron chi connectivity index (χ0n) is 12.9. The van der Waals surface area contributed by atoms with Crippen molar-refractivity contribution in [3.05, 3.63) is 28.7 Å². The van der Waals surface area contributed by atoms with Gasteiger partial charge in [0.05, 0.1) is 0 Å². The average Bonchev–Trinajstić information content (AvgIpc) is 2.48. The van der Waals surface area contributed by atoms with Crippen LogP contribution in [-0.4, -0.2) is 72.6 Å². The highest BCUT2D eigenvalue weighted by Gasteiger charge is 2.16. The number of rotatable bonds is 4. The molecule has 1 aromatic rings. The van der Waals surface area contributed by atoms with Crippen molar-refractivity contribution in [2.75, 3.05) is 39.3 Å². The van der Waals surface area contributed by atoms with E-state index in [0.717, 1.165) is 42.9 Å². The van der Waals surface area contributed by atoms with Crippen LogP contribution in [0.4, 0.5) is 0 Å². The molecule has 3 N–H and O–H groups in total. The highest BCUT2D eigenvalue weighted by atomic mass is 79.9. The van der Waals surface area contributed by atoms with E-state index in [-0.39, 0.29) is 5.96 Å². The molecular formula is C13H19BrN4O5S-2. The van der Waals surface area contributed by atoms with Crippen LogP contribution in [0.5, 0.6) is 5.75 Å². The first-order chi connectivity index (χ1) is 11.1. The molecule has 0 unspecified atom stereocenters. The van der Waals surface area contributed by atoms with E-state index in [9.17, 15) is 0 Å². The monoisotopic (exact) mass is 422 g/mol. The summed E-state index contributed by atoms with van der Waals surface area (Å²) < 4.78 is 40.8. The maximum Gasteiger partial charge on any atom is 0.188 e. The zero-order chi connectivity index (χ0) is 18.2. The van der Waals surface area contributed by atoms with Crippen LogP contribution < -0.4 is 10.5 Å². The number of ether oxygens (including phenoxy) is 1. The van der Waals surface area contributed by atoms with Crippen molar-refractivity contribution in [1.29, 1.82) is 5.41 Å². The summed E-state index contributed by atoms with van der Waals surface area (Å²) in [4.78, 5) is 4.23. The van der Waals surface area contributed by atoms with Crippen molar-refractivity contribution < 1.29 is 22.3 Å². The smallest absolute Gasteiger partial charge is 0.188 e. The maximum atomic E-state index is 8.52. The van der Waals surface area contributed by atoms with E-state index < -0.39 is 10.4 Å². The molecule has 0 aromatic heterocycles. The van der Waals surface area contributed by atoms with Crippen molar-refractivity contribution in [3.8, 4) is 5.75 Å². The van der Waals surface area contributed by atoms with Crippen LogP contribution in [0, 0.1) is 5.41 Å². The summed E-state index contributed by atoms with van der Waals surface area (Å²) in [7, 11) is -5.17. The lowest BCUT2D eigenvalue weighted by Gasteiger charge is -2.34. The highest BCUT2D eigenvalue weighted by molar-refractivity contribution is 9.10. The van der Waals surface area contributed by atoms with Crippen molar-refractivity contribution >= 4 is 32.3 Å². The summed E-state index contributed by atoms with van der Waals surface area (Å²) in [5.74, 6) is 1.07. The van der Waals surface area contributed by atoms with Crippen molar-refractivity contribution in [2.24, 2.45) is 5.73 Å². The molecule has 9 nitrogen and oxygen atoms in total. The van der Waals surface area contributed by atoms with Gasteiger partial charge in [-0.15, -0.1) is 0 Å². The lowest BCUT2D eigenvalue weighted by Crippen LogP contribution is -2.51. The minimum atomic E-state index is -5.17. The lowest BCUT2D eigenvalue weighted by atomic mass is 10.3. The Hall–Kier alpha value is -1.40. The third-order valence-corrected chi connectivity index (χ3v) is 3.73. The summed E-state index contributed by atoms with van der Waals surface area (Å²) in [5, 5.41) is 7.38. The molecule has 0 spiro atoms. The Labute approximate surface area is 149 Å². The van der Waals surface area contributed by atoms with E-state index in [4.69, 9.17) is 33.4 Å². The van der Waals surface area contributed by atoms with Crippen LogP contribution in [0.1, 0.15) is 0 Å². The molecule has 0 saturated carbocycles. The van der Waals surface area contributed by atoms with Gasteiger partial charge in [0, 0.05) is 47.6 Å². The van der Waals surface area contributed by atoms with Crippen molar-refractivity contribution in [1.82, 2.24) is 9.80 Å². The van der Waals surface area contributed by atoms with Gasteiger partial charge < -0.3 is 24.5 Å². The summed E-state index contributed by atoms with van der Waals surface area (Å²) in [6.07, 6.45) is 0. The first-order valence-electron chi connectivity index (χ1n) is 7.01. The molecule has 1 aromatic carbocycles. The number of benzene rings is 1. The molecule has 1 heterocycles. The predicted octanol–water partition coefficient (Wildman–Crippen LogP) is 0.000970. The average molecular weight is 423 g/mol. The first kappa shape index (κ1) is 20.6. The van der Waals surface area contributed by atoms with Crippen LogP contribution in [0.3, 0.4) is 0 Å². The summed E-state index contributed by atoms with van der Waals surface area (Å²) in [6, 6.07) is 7.86. The molecule has 1 aliphatic heterocycles. The van der Waals surface area contributed by atoms with Gasteiger partial charge in [-0.2, -0.15) is 0 Å². The van der Waals surface area contributed by atoms with E-state index in [1.54, 1.807) is 0 Å². The largest absolute Gasteiger partial charge is 0.759 e. The molecule has 0 bridgehead atoms. The standard InChI is InChI=1S/C13H19BrN4O.H2O4S/c14-11-1-3-12(4-2-11)19-10-9-17-5-7-18(8-6-17)13(15)16;1-5(2,3)4/h1-4H,5-10H2,(H3,15,16);(H2,1,2,3,4)/p-2. The number of nitrogens with zero attached hydrogens (tertiary/aromatic N) is 2. The van der Waals surface area contributed by atoms with Crippen LogP contribution in [0.2, 0.25) is 0 Å². The Bertz CT molecular complexity index is 610. The predicted molar refractivity (Wildman–Crippen MR) is 90.0 cm³/mol. The summed E-state index contributed by atoms with van der Waals surface area (Å²) in [6.45, 7) is 5.11. The van der Waals surface area contributed by atoms with E-state index in [0.29, 0.717) is 6.61 Å². The minimum absolute atomic E-state index is 0.172. The SMILES string of the molecule is N=C(N)N1CCN(CCOc2ccc(Br)cc2)CC1.O=S(=O)([O-])[O-]. The first-order valence-corrected chi connectivity index (χ1v) is 9.14. The van der Waals surface area contributed by atoms with Gasteiger partial charge in [0.25, 0.3) is 0 Å². The van der Waals surface area contributed by atoms with Crippen molar-refractivity contribution in [2.45, 2.75) is 0 Å². The fourth-order valence-electron chi connectivity index (χ4n) is 2.04. The number of nitrogens with two attached hydrogens (primary N) is 1.